The Hall–Kier alpha value is -1.97. The highest BCUT2D eigenvalue weighted by molar-refractivity contribution is 14.0. The first-order chi connectivity index (χ1) is 13.5. The van der Waals surface area contributed by atoms with E-state index >= 15 is 0 Å². The third kappa shape index (κ3) is 5.55. The number of hydrogen-bond acceptors (Lipinski definition) is 4. The number of nitrogens with zero attached hydrogens (tertiary/aromatic N) is 5. The van der Waals surface area contributed by atoms with Crippen molar-refractivity contribution < 1.29 is 4.74 Å². The van der Waals surface area contributed by atoms with E-state index in [0.29, 0.717) is 6.54 Å². The highest BCUT2D eigenvalue weighted by atomic mass is 127. The van der Waals surface area contributed by atoms with E-state index < -0.39 is 0 Å². The van der Waals surface area contributed by atoms with Crippen LogP contribution in [0.25, 0.3) is 0 Å². The molecule has 1 aromatic carbocycles. The minimum Gasteiger partial charge on any atom is -0.497 e. The lowest BCUT2D eigenvalue weighted by atomic mass is 10.2. The van der Waals surface area contributed by atoms with Gasteiger partial charge in [0.2, 0.25) is 0 Å². The van der Waals surface area contributed by atoms with Crippen LogP contribution >= 0.6 is 24.0 Å². The number of benzene rings is 1. The fourth-order valence-electron chi connectivity index (χ4n) is 3.61. The number of rotatable bonds is 5. The van der Waals surface area contributed by atoms with Gasteiger partial charge in [0.1, 0.15) is 5.75 Å². The molecule has 0 spiro atoms. The van der Waals surface area contributed by atoms with Crippen LogP contribution in [-0.4, -0.2) is 60.5 Å². The average Bonchev–Trinajstić information content (AvgIpc) is 2.97. The Balaban J connectivity index is 0.00000300. The molecule has 1 aliphatic heterocycles. The molecule has 0 aliphatic carbocycles. The molecule has 1 aromatic heterocycles. The van der Waals surface area contributed by atoms with Gasteiger partial charge in [-0.25, -0.2) is 4.99 Å². The van der Waals surface area contributed by atoms with Gasteiger partial charge in [-0.05, 0) is 32.9 Å². The number of nitrogens with one attached hydrogen (secondary N) is 1. The first-order valence-electron chi connectivity index (χ1n) is 9.94. The predicted octanol–water partition coefficient (Wildman–Crippen LogP) is 2.95. The number of aromatic nitrogens is 2. The van der Waals surface area contributed by atoms with E-state index in [1.165, 1.54) is 16.9 Å². The first-order valence-corrected chi connectivity index (χ1v) is 9.94. The molecule has 3 rings (SSSR count). The fraction of sp³-hybridized carbons (Fsp3) is 0.524. The molecule has 8 heteroatoms. The fourth-order valence-corrected chi connectivity index (χ4v) is 3.61. The standard InChI is InChI=1S/C21H32N6O.HI/c1-6-22-21(23-15-20-16(2)24-25(4)17(20)3)27-12-10-26(11-13-27)18-8-7-9-19(14-18)28-5;/h7-9,14H,6,10-13,15H2,1-5H3,(H,22,23);1H. The van der Waals surface area contributed by atoms with Crippen molar-refractivity contribution in [3.63, 3.8) is 0 Å². The summed E-state index contributed by atoms with van der Waals surface area (Å²) in [6, 6.07) is 8.27. The molecule has 1 aliphatic rings. The molecule has 160 valence electrons. The molecule has 1 saturated heterocycles. The molecule has 1 fully saturated rings. The Morgan fingerprint density at radius 1 is 1.21 bits per heavy atom. The summed E-state index contributed by atoms with van der Waals surface area (Å²) in [7, 11) is 3.69. The average molecular weight is 512 g/mol. The summed E-state index contributed by atoms with van der Waals surface area (Å²) in [6.07, 6.45) is 0. The molecule has 0 amide bonds. The molecule has 0 saturated carbocycles. The Morgan fingerprint density at radius 2 is 1.93 bits per heavy atom. The summed E-state index contributed by atoms with van der Waals surface area (Å²) in [5.41, 5.74) is 4.66. The van der Waals surface area contributed by atoms with Crippen LogP contribution in [0.5, 0.6) is 5.75 Å². The zero-order valence-corrected chi connectivity index (χ0v) is 20.4. The van der Waals surface area contributed by atoms with Crippen LogP contribution in [-0.2, 0) is 13.6 Å². The van der Waals surface area contributed by atoms with E-state index in [4.69, 9.17) is 9.73 Å². The van der Waals surface area contributed by atoms with Crippen LogP contribution in [0.3, 0.4) is 0 Å². The van der Waals surface area contributed by atoms with Crippen molar-refractivity contribution in [2.24, 2.45) is 12.0 Å². The van der Waals surface area contributed by atoms with Crippen molar-refractivity contribution >= 4 is 35.6 Å². The second kappa shape index (κ2) is 10.7. The van der Waals surface area contributed by atoms with Crippen LogP contribution in [0.1, 0.15) is 23.9 Å². The minimum absolute atomic E-state index is 0. The molecular weight excluding hydrogens is 479 g/mol. The number of ether oxygens (including phenoxy) is 1. The van der Waals surface area contributed by atoms with Gasteiger partial charge in [-0.1, -0.05) is 6.07 Å². The molecule has 0 bridgehead atoms. The minimum atomic E-state index is 0. The number of methoxy groups -OCH3 is 1. The Labute approximate surface area is 191 Å². The topological polar surface area (TPSA) is 57.9 Å². The zero-order valence-electron chi connectivity index (χ0n) is 18.1. The molecule has 2 heterocycles. The number of anilines is 1. The molecule has 7 nitrogen and oxygen atoms in total. The van der Waals surface area contributed by atoms with E-state index in [-0.39, 0.29) is 24.0 Å². The van der Waals surface area contributed by atoms with E-state index in [1.807, 2.05) is 23.9 Å². The highest BCUT2D eigenvalue weighted by Gasteiger charge is 2.20. The van der Waals surface area contributed by atoms with Crippen molar-refractivity contribution in [2.45, 2.75) is 27.3 Å². The molecule has 0 unspecified atom stereocenters. The summed E-state index contributed by atoms with van der Waals surface area (Å²) in [5, 5.41) is 7.95. The van der Waals surface area contributed by atoms with Crippen molar-refractivity contribution in [3.8, 4) is 5.75 Å². The smallest absolute Gasteiger partial charge is 0.194 e. The zero-order chi connectivity index (χ0) is 20.1. The second-order valence-electron chi connectivity index (χ2n) is 7.12. The van der Waals surface area contributed by atoms with E-state index in [9.17, 15) is 0 Å². The third-order valence-corrected chi connectivity index (χ3v) is 5.38. The third-order valence-electron chi connectivity index (χ3n) is 5.38. The van der Waals surface area contributed by atoms with Gasteiger partial charge in [-0.2, -0.15) is 5.10 Å². The number of hydrogen-bond donors (Lipinski definition) is 1. The van der Waals surface area contributed by atoms with Gasteiger partial charge in [0, 0.05) is 62.8 Å². The number of guanidine groups is 1. The van der Waals surface area contributed by atoms with Crippen molar-refractivity contribution in [2.75, 3.05) is 44.7 Å². The monoisotopic (exact) mass is 512 g/mol. The molecule has 1 N–H and O–H groups in total. The van der Waals surface area contributed by atoms with Crippen LogP contribution in [0.4, 0.5) is 5.69 Å². The lowest BCUT2D eigenvalue weighted by molar-refractivity contribution is 0.372. The predicted molar refractivity (Wildman–Crippen MR) is 130 cm³/mol. The SMILES string of the molecule is CCNC(=NCc1c(C)nn(C)c1C)N1CCN(c2cccc(OC)c2)CC1.I. The van der Waals surface area contributed by atoms with Crippen LogP contribution in [0.15, 0.2) is 29.3 Å². The van der Waals surface area contributed by atoms with Gasteiger partial charge in [-0.3, -0.25) is 4.68 Å². The summed E-state index contributed by atoms with van der Waals surface area (Å²) in [5.74, 6) is 1.88. The van der Waals surface area contributed by atoms with Crippen LogP contribution in [0, 0.1) is 13.8 Å². The lowest BCUT2D eigenvalue weighted by Gasteiger charge is -2.37. The lowest BCUT2D eigenvalue weighted by Crippen LogP contribution is -2.52. The molecule has 0 atom stereocenters. The number of piperazine rings is 1. The van der Waals surface area contributed by atoms with Crippen LogP contribution < -0.4 is 15.0 Å². The van der Waals surface area contributed by atoms with Gasteiger partial charge >= 0.3 is 0 Å². The van der Waals surface area contributed by atoms with Crippen molar-refractivity contribution in [3.05, 3.63) is 41.2 Å². The molecule has 29 heavy (non-hydrogen) atoms. The maximum Gasteiger partial charge on any atom is 0.194 e. The quantitative estimate of drug-likeness (QED) is 0.380. The van der Waals surface area contributed by atoms with Gasteiger partial charge in [0.05, 0.1) is 19.3 Å². The van der Waals surface area contributed by atoms with Crippen molar-refractivity contribution in [1.82, 2.24) is 20.0 Å². The number of halogens is 1. The van der Waals surface area contributed by atoms with E-state index in [0.717, 1.165) is 50.1 Å². The summed E-state index contributed by atoms with van der Waals surface area (Å²) >= 11 is 0. The first kappa shape index (κ1) is 23.3. The summed E-state index contributed by atoms with van der Waals surface area (Å²) in [6.45, 7) is 11.6. The molecule has 0 radical (unpaired) electrons. The van der Waals surface area contributed by atoms with Gasteiger partial charge < -0.3 is 19.9 Å². The molecular formula is C21H33IN6O. The molecule has 2 aromatic rings. The Bertz CT molecular complexity index is 827. The maximum absolute atomic E-state index is 5.36. The van der Waals surface area contributed by atoms with Gasteiger partial charge in [0.25, 0.3) is 0 Å². The van der Waals surface area contributed by atoms with Crippen LogP contribution in [0.2, 0.25) is 0 Å². The second-order valence-corrected chi connectivity index (χ2v) is 7.12. The maximum atomic E-state index is 5.36. The van der Waals surface area contributed by atoms with E-state index in [1.54, 1.807) is 7.11 Å². The number of aryl methyl sites for hydroxylation is 2. The summed E-state index contributed by atoms with van der Waals surface area (Å²) < 4.78 is 7.29. The number of aliphatic imine (C=N–C) groups is 1. The highest BCUT2D eigenvalue weighted by Crippen LogP contribution is 2.22. The largest absolute Gasteiger partial charge is 0.497 e. The van der Waals surface area contributed by atoms with Gasteiger partial charge in [0.15, 0.2) is 5.96 Å². The van der Waals surface area contributed by atoms with E-state index in [2.05, 4.69) is 53.1 Å². The van der Waals surface area contributed by atoms with Gasteiger partial charge in [-0.15, -0.1) is 24.0 Å². The Kier molecular flexibility index (Phi) is 8.60. The van der Waals surface area contributed by atoms with Crippen molar-refractivity contribution in [1.29, 1.82) is 0 Å². The Morgan fingerprint density at radius 3 is 2.52 bits per heavy atom. The summed E-state index contributed by atoms with van der Waals surface area (Å²) in [4.78, 5) is 9.66. The normalized spacial score (nSPS) is 14.6.